The molecule has 1 fully saturated rings. The van der Waals surface area contributed by atoms with Gasteiger partial charge in [-0.2, -0.15) is 0 Å². The molecule has 1 aliphatic rings. The number of carbonyl (C=O) groups is 1. The Bertz CT molecular complexity index is 677. The maximum Gasteiger partial charge on any atom is 0.322 e. The van der Waals surface area contributed by atoms with Gasteiger partial charge in [-0.25, -0.2) is 4.79 Å². The van der Waals surface area contributed by atoms with E-state index in [1.54, 1.807) is 12.1 Å². The number of hydrogen-bond acceptors (Lipinski definition) is 2. The number of benzene rings is 2. The molecular formula is C18H20ClN3O. The lowest BCUT2D eigenvalue weighted by Crippen LogP contribution is -2.50. The number of hydrogen-bond donors (Lipinski definition) is 1. The molecule has 4 nitrogen and oxygen atoms in total. The average Bonchev–Trinajstić information content (AvgIpc) is 2.55. The zero-order valence-electron chi connectivity index (χ0n) is 13.1. The second-order valence-electron chi connectivity index (χ2n) is 5.82. The quantitative estimate of drug-likeness (QED) is 0.908. The van der Waals surface area contributed by atoms with E-state index in [9.17, 15) is 4.79 Å². The fourth-order valence-electron chi connectivity index (χ4n) is 2.88. The van der Waals surface area contributed by atoms with Crippen LogP contribution < -0.4 is 5.32 Å². The molecule has 0 unspecified atom stereocenters. The molecule has 0 radical (unpaired) electrons. The van der Waals surface area contributed by atoms with Gasteiger partial charge in [-0.15, -0.1) is 0 Å². The molecule has 1 aliphatic heterocycles. The molecule has 2 aromatic rings. The van der Waals surface area contributed by atoms with E-state index in [2.05, 4.69) is 29.4 Å². The van der Waals surface area contributed by atoms with Gasteiger partial charge in [-0.05, 0) is 30.8 Å². The molecule has 0 spiro atoms. The molecule has 0 bridgehead atoms. The van der Waals surface area contributed by atoms with Crippen LogP contribution in [0.5, 0.6) is 0 Å². The highest BCUT2D eigenvalue weighted by atomic mass is 35.5. The number of nitrogens with zero attached hydrogens (tertiary/aromatic N) is 2. The molecule has 2 aromatic carbocycles. The van der Waals surface area contributed by atoms with Crippen molar-refractivity contribution < 1.29 is 4.79 Å². The van der Waals surface area contributed by atoms with E-state index in [-0.39, 0.29) is 12.1 Å². The Morgan fingerprint density at radius 1 is 1.13 bits per heavy atom. The third-order valence-corrected chi connectivity index (χ3v) is 4.34. The lowest BCUT2D eigenvalue weighted by molar-refractivity contribution is 0.117. The summed E-state index contributed by atoms with van der Waals surface area (Å²) in [5.41, 5.74) is 1.87. The van der Waals surface area contributed by atoms with E-state index >= 15 is 0 Å². The summed E-state index contributed by atoms with van der Waals surface area (Å²) in [7, 11) is 2.09. The van der Waals surface area contributed by atoms with Gasteiger partial charge in [-0.3, -0.25) is 0 Å². The Hall–Kier alpha value is -2.04. The number of halogens is 1. The molecule has 0 aliphatic carbocycles. The highest BCUT2D eigenvalue weighted by molar-refractivity contribution is 6.30. The van der Waals surface area contributed by atoms with Gasteiger partial charge < -0.3 is 15.1 Å². The highest BCUT2D eigenvalue weighted by Gasteiger charge is 2.30. The van der Waals surface area contributed by atoms with Crippen molar-refractivity contribution in [3.05, 3.63) is 65.2 Å². The second-order valence-corrected chi connectivity index (χ2v) is 6.26. The SMILES string of the molecule is CN1CCN(C(=O)Nc2cccc(Cl)c2)[C@H](c2ccccc2)C1. The van der Waals surface area contributed by atoms with Crippen molar-refractivity contribution in [2.45, 2.75) is 6.04 Å². The van der Waals surface area contributed by atoms with Crippen molar-refractivity contribution in [3.8, 4) is 0 Å². The maximum absolute atomic E-state index is 12.7. The molecule has 5 heteroatoms. The van der Waals surface area contributed by atoms with Crippen molar-refractivity contribution in [1.29, 1.82) is 0 Å². The minimum absolute atomic E-state index is 0.0501. The van der Waals surface area contributed by atoms with Crippen molar-refractivity contribution in [1.82, 2.24) is 9.80 Å². The summed E-state index contributed by atoms with van der Waals surface area (Å²) < 4.78 is 0. The van der Waals surface area contributed by atoms with Gasteiger partial charge in [0.25, 0.3) is 0 Å². The van der Waals surface area contributed by atoms with E-state index in [1.807, 2.05) is 35.2 Å². The number of urea groups is 1. The van der Waals surface area contributed by atoms with Crippen LogP contribution in [-0.4, -0.2) is 42.5 Å². The first-order valence-corrected chi connectivity index (χ1v) is 8.08. The lowest BCUT2D eigenvalue weighted by atomic mass is 10.0. The van der Waals surface area contributed by atoms with E-state index in [0.29, 0.717) is 17.3 Å². The molecule has 1 N–H and O–H groups in total. The van der Waals surface area contributed by atoms with E-state index < -0.39 is 0 Å². The largest absolute Gasteiger partial charge is 0.322 e. The third-order valence-electron chi connectivity index (χ3n) is 4.10. The summed E-state index contributed by atoms with van der Waals surface area (Å²) in [4.78, 5) is 16.9. The fourth-order valence-corrected chi connectivity index (χ4v) is 3.07. The molecule has 1 heterocycles. The van der Waals surface area contributed by atoms with Gasteiger partial charge in [0.1, 0.15) is 0 Å². The first kappa shape index (κ1) is 15.8. The Balaban J connectivity index is 1.79. The number of amides is 2. The number of rotatable bonds is 2. The number of nitrogens with one attached hydrogen (secondary N) is 1. The maximum atomic E-state index is 12.7. The zero-order chi connectivity index (χ0) is 16.2. The zero-order valence-corrected chi connectivity index (χ0v) is 13.8. The van der Waals surface area contributed by atoms with Gasteiger partial charge in [0.2, 0.25) is 0 Å². The monoisotopic (exact) mass is 329 g/mol. The summed E-state index contributed by atoms with van der Waals surface area (Å²) in [6, 6.07) is 17.3. The second kappa shape index (κ2) is 7.02. The van der Waals surface area contributed by atoms with Crippen molar-refractivity contribution in [3.63, 3.8) is 0 Å². The smallest absolute Gasteiger partial charge is 0.315 e. The summed E-state index contributed by atoms with van der Waals surface area (Å²) >= 11 is 5.99. The summed E-state index contributed by atoms with van der Waals surface area (Å²) in [6.45, 7) is 2.39. The standard InChI is InChI=1S/C18H20ClN3O/c1-21-10-11-22(17(13-21)14-6-3-2-4-7-14)18(23)20-16-9-5-8-15(19)12-16/h2-9,12,17H,10-11,13H2,1H3,(H,20,23)/t17-/m0/s1. The topological polar surface area (TPSA) is 35.6 Å². The number of piperazine rings is 1. The van der Waals surface area contributed by atoms with Crippen molar-refractivity contribution in [2.24, 2.45) is 0 Å². The van der Waals surface area contributed by atoms with Crippen LogP contribution in [0.15, 0.2) is 54.6 Å². The van der Waals surface area contributed by atoms with Crippen molar-refractivity contribution >= 4 is 23.3 Å². The Labute approximate surface area is 141 Å². The fraction of sp³-hybridized carbons (Fsp3) is 0.278. The molecule has 0 aromatic heterocycles. The van der Waals surface area contributed by atoms with Gasteiger partial charge >= 0.3 is 6.03 Å². The minimum Gasteiger partial charge on any atom is -0.315 e. The van der Waals surface area contributed by atoms with Crippen LogP contribution >= 0.6 is 11.6 Å². The molecule has 23 heavy (non-hydrogen) atoms. The Morgan fingerprint density at radius 3 is 2.65 bits per heavy atom. The van der Waals surface area contributed by atoms with Crippen LogP contribution in [0, 0.1) is 0 Å². The predicted molar refractivity (Wildman–Crippen MR) is 93.9 cm³/mol. The first-order chi connectivity index (χ1) is 11.1. The van der Waals surface area contributed by atoms with Crippen LogP contribution in [0.2, 0.25) is 5.02 Å². The van der Waals surface area contributed by atoms with Crippen LogP contribution in [0.1, 0.15) is 11.6 Å². The lowest BCUT2D eigenvalue weighted by Gasteiger charge is -2.40. The summed E-state index contributed by atoms with van der Waals surface area (Å²) in [6.07, 6.45) is 0. The normalized spacial score (nSPS) is 18.7. The predicted octanol–water partition coefficient (Wildman–Crippen LogP) is 3.86. The molecular weight excluding hydrogens is 310 g/mol. The van der Waals surface area contributed by atoms with E-state index in [1.165, 1.54) is 0 Å². The first-order valence-electron chi connectivity index (χ1n) is 7.70. The van der Waals surface area contributed by atoms with Gasteiger partial charge in [-0.1, -0.05) is 48.0 Å². The minimum atomic E-state index is -0.0887. The van der Waals surface area contributed by atoms with Gasteiger partial charge in [0, 0.05) is 30.3 Å². The molecule has 1 saturated heterocycles. The molecule has 120 valence electrons. The third kappa shape index (κ3) is 3.84. The average molecular weight is 330 g/mol. The van der Waals surface area contributed by atoms with Gasteiger partial charge in [0.05, 0.1) is 6.04 Å². The van der Waals surface area contributed by atoms with E-state index in [4.69, 9.17) is 11.6 Å². The molecule has 0 saturated carbocycles. The number of anilines is 1. The van der Waals surface area contributed by atoms with Crippen molar-refractivity contribution in [2.75, 3.05) is 32.0 Å². The highest BCUT2D eigenvalue weighted by Crippen LogP contribution is 2.26. The number of carbonyl (C=O) groups excluding carboxylic acids is 1. The Kier molecular flexibility index (Phi) is 4.84. The van der Waals surface area contributed by atoms with Crippen LogP contribution in [-0.2, 0) is 0 Å². The van der Waals surface area contributed by atoms with Gasteiger partial charge in [0.15, 0.2) is 0 Å². The number of likely N-dealkylation sites (N-methyl/N-ethyl adjacent to an activating group) is 1. The molecule has 3 rings (SSSR count). The molecule has 1 atom stereocenters. The summed E-state index contributed by atoms with van der Waals surface area (Å²) in [5.74, 6) is 0. The Morgan fingerprint density at radius 2 is 1.91 bits per heavy atom. The molecule has 2 amide bonds. The van der Waals surface area contributed by atoms with Crippen LogP contribution in [0.4, 0.5) is 10.5 Å². The summed E-state index contributed by atoms with van der Waals surface area (Å²) in [5, 5.41) is 3.56. The van der Waals surface area contributed by atoms with Crippen LogP contribution in [0.25, 0.3) is 0 Å². The van der Waals surface area contributed by atoms with Crippen LogP contribution in [0.3, 0.4) is 0 Å². The van der Waals surface area contributed by atoms with E-state index in [0.717, 1.165) is 18.7 Å².